The zero-order chi connectivity index (χ0) is 22.7. The first-order chi connectivity index (χ1) is 15.5. The van der Waals surface area contributed by atoms with E-state index in [4.69, 9.17) is 4.74 Å². The standard InChI is InChI=1S/C24H23N3O3S2/c1-15-7-6-8-16(2)21(15)26-20(28)14-32-24-25-18-11-12-31-22(18)23(29)27(24)13-17-9-4-5-10-19(17)30-3/h4-12H,13-14H2,1-3H3,(H,26,28). The summed E-state index contributed by atoms with van der Waals surface area (Å²) in [4.78, 5) is 30.6. The molecule has 0 bridgehead atoms. The molecule has 4 rings (SSSR count). The van der Waals surface area contributed by atoms with Gasteiger partial charge in [0.15, 0.2) is 5.16 Å². The first-order valence-corrected chi connectivity index (χ1v) is 11.9. The molecular formula is C24H23N3O3S2. The predicted octanol–water partition coefficient (Wildman–Crippen LogP) is 4.86. The van der Waals surface area contributed by atoms with Gasteiger partial charge < -0.3 is 10.1 Å². The lowest BCUT2D eigenvalue weighted by Crippen LogP contribution is -2.24. The van der Waals surface area contributed by atoms with Gasteiger partial charge in [-0.25, -0.2) is 4.98 Å². The maximum absolute atomic E-state index is 13.2. The fourth-order valence-electron chi connectivity index (χ4n) is 3.49. The highest BCUT2D eigenvalue weighted by molar-refractivity contribution is 7.99. The van der Waals surface area contributed by atoms with Crippen molar-refractivity contribution in [3.8, 4) is 5.75 Å². The summed E-state index contributed by atoms with van der Waals surface area (Å²) >= 11 is 2.63. The van der Waals surface area contributed by atoms with Crippen LogP contribution in [0.4, 0.5) is 5.69 Å². The van der Waals surface area contributed by atoms with Gasteiger partial charge in [0, 0.05) is 11.3 Å². The summed E-state index contributed by atoms with van der Waals surface area (Å²) in [6, 6.07) is 15.3. The number of nitrogens with one attached hydrogen (secondary N) is 1. The molecule has 2 aromatic heterocycles. The summed E-state index contributed by atoms with van der Waals surface area (Å²) in [5.41, 5.74) is 4.24. The van der Waals surface area contributed by atoms with Crippen molar-refractivity contribution in [1.82, 2.24) is 9.55 Å². The van der Waals surface area contributed by atoms with Crippen LogP contribution in [0.2, 0.25) is 0 Å². The lowest BCUT2D eigenvalue weighted by atomic mass is 10.1. The number of methoxy groups -OCH3 is 1. The van der Waals surface area contributed by atoms with Gasteiger partial charge in [-0.1, -0.05) is 48.2 Å². The van der Waals surface area contributed by atoms with E-state index >= 15 is 0 Å². The molecule has 0 unspecified atom stereocenters. The number of thioether (sulfide) groups is 1. The third-order valence-corrected chi connectivity index (χ3v) is 7.00. The highest BCUT2D eigenvalue weighted by Gasteiger charge is 2.16. The number of amides is 1. The largest absolute Gasteiger partial charge is 0.496 e. The maximum atomic E-state index is 13.2. The molecule has 2 heterocycles. The Morgan fingerprint density at radius 1 is 1.12 bits per heavy atom. The van der Waals surface area contributed by atoms with Gasteiger partial charge in [-0.05, 0) is 42.5 Å². The normalized spacial score (nSPS) is 11.0. The molecule has 164 valence electrons. The molecule has 6 nitrogen and oxygen atoms in total. The van der Waals surface area contributed by atoms with Crippen LogP contribution < -0.4 is 15.6 Å². The number of para-hydroxylation sites is 2. The Bertz CT molecular complexity index is 1320. The molecule has 32 heavy (non-hydrogen) atoms. The van der Waals surface area contributed by atoms with Gasteiger partial charge in [0.2, 0.25) is 5.91 Å². The summed E-state index contributed by atoms with van der Waals surface area (Å²) in [7, 11) is 1.61. The maximum Gasteiger partial charge on any atom is 0.272 e. The molecule has 4 aromatic rings. The van der Waals surface area contributed by atoms with Crippen molar-refractivity contribution in [2.45, 2.75) is 25.5 Å². The quantitative estimate of drug-likeness (QED) is 0.312. The molecular weight excluding hydrogens is 442 g/mol. The molecule has 0 saturated heterocycles. The Morgan fingerprint density at radius 2 is 1.88 bits per heavy atom. The van der Waals surface area contributed by atoms with E-state index in [1.807, 2.05) is 67.8 Å². The van der Waals surface area contributed by atoms with Crippen molar-refractivity contribution in [3.63, 3.8) is 0 Å². The van der Waals surface area contributed by atoms with Crippen molar-refractivity contribution in [2.24, 2.45) is 0 Å². The molecule has 0 spiro atoms. The minimum Gasteiger partial charge on any atom is -0.496 e. The van der Waals surface area contributed by atoms with Gasteiger partial charge in [-0.3, -0.25) is 14.2 Å². The number of aryl methyl sites for hydroxylation is 2. The van der Waals surface area contributed by atoms with E-state index < -0.39 is 0 Å². The molecule has 0 aliphatic heterocycles. The van der Waals surface area contributed by atoms with E-state index in [1.54, 1.807) is 11.7 Å². The molecule has 2 aromatic carbocycles. The van der Waals surface area contributed by atoms with Gasteiger partial charge in [0.1, 0.15) is 10.4 Å². The fourth-order valence-corrected chi connectivity index (χ4v) is 5.07. The smallest absolute Gasteiger partial charge is 0.272 e. The van der Waals surface area contributed by atoms with Gasteiger partial charge in [0.25, 0.3) is 5.56 Å². The van der Waals surface area contributed by atoms with Gasteiger partial charge in [-0.2, -0.15) is 0 Å². The number of carbonyl (C=O) groups excluding carboxylic acids is 1. The van der Waals surface area contributed by atoms with Crippen LogP contribution in [0.5, 0.6) is 5.75 Å². The summed E-state index contributed by atoms with van der Waals surface area (Å²) in [5, 5.41) is 5.35. The van der Waals surface area contributed by atoms with E-state index in [9.17, 15) is 9.59 Å². The Hall–Kier alpha value is -3.10. The van der Waals surface area contributed by atoms with Crippen molar-refractivity contribution in [3.05, 3.63) is 81.0 Å². The van der Waals surface area contributed by atoms with Crippen LogP contribution >= 0.6 is 23.1 Å². The molecule has 0 atom stereocenters. The molecule has 0 aliphatic carbocycles. The number of fused-ring (bicyclic) bond motifs is 1. The van der Waals surface area contributed by atoms with E-state index in [1.165, 1.54) is 23.1 Å². The average Bonchev–Trinajstić information content (AvgIpc) is 3.26. The number of carbonyl (C=O) groups is 1. The minimum absolute atomic E-state index is 0.117. The lowest BCUT2D eigenvalue weighted by Gasteiger charge is -2.15. The van der Waals surface area contributed by atoms with Crippen LogP contribution in [0.15, 0.2) is 63.9 Å². The number of hydrogen-bond donors (Lipinski definition) is 1. The monoisotopic (exact) mass is 465 g/mol. The number of rotatable bonds is 7. The second-order valence-electron chi connectivity index (χ2n) is 7.34. The number of benzene rings is 2. The Labute approximate surface area is 194 Å². The minimum atomic E-state index is -0.143. The summed E-state index contributed by atoms with van der Waals surface area (Å²) in [6.07, 6.45) is 0. The topological polar surface area (TPSA) is 73.2 Å². The Kier molecular flexibility index (Phi) is 6.62. The molecule has 0 radical (unpaired) electrons. The van der Waals surface area contributed by atoms with Crippen LogP contribution in [0.1, 0.15) is 16.7 Å². The van der Waals surface area contributed by atoms with Crippen molar-refractivity contribution in [2.75, 3.05) is 18.2 Å². The molecule has 8 heteroatoms. The number of hydrogen-bond acceptors (Lipinski definition) is 6. The van der Waals surface area contributed by atoms with Crippen LogP contribution in [-0.2, 0) is 11.3 Å². The number of ether oxygens (including phenoxy) is 1. The van der Waals surface area contributed by atoms with Crippen LogP contribution in [0.3, 0.4) is 0 Å². The van der Waals surface area contributed by atoms with Gasteiger partial charge in [-0.15, -0.1) is 11.3 Å². The number of thiophene rings is 1. The van der Waals surface area contributed by atoms with Crippen LogP contribution in [0, 0.1) is 13.8 Å². The highest BCUT2D eigenvalue weighted by Crippen LogP contribution is 2.25. The average molecular weight is 466 g/mol. The van der Waals surface area contributed by atoms with Crippen molar-refractivity contribution in [1.29, 1.82) is 0 Å². The second-order valence-corrected chi connectivity index (χ2v) is 9.19. The molecule has 1 N–H and O–H groups in total. The van der Waals surface area contributed by atoms with Crippen molar-refractivity contribution >= 4 is 44.9 Å². The predicted molar refractivity (Wildman–Crippen MR) is 131 cm³/mol. The van der Waals surface area contributed by atoms with Crippen LogP contribution in [-0.4, -0.2) is 28.3 Å². The number of anilines is 1. The lowest BCUT2D eigenvalue weighted by molar-refractivity contribution is -0.113. The second kappa shape index (κ2) is 9.58. The third kappa shape index (κ3) is 4.56. The number of aromatic nitrogens is 2. The first-order valence-electron chi connectivity index (χ1n) is 10.1. The third-order valence-electron chi connectivity index (χ3n) is 5.13. The first kappa shape index (κ1) is 22.1. The summed E-state index contributed by atoms with van der Waals surface area (Å²) < 4.78 is 7.67. The van der Waals surface area contributed by atoms with Gasteiger partial charge >= 0.3 is 0 Å². The zero-order valence-electron chi connectivity index (χ0n) is 18.0. The van der Waals surface area contributed by atoms with Crippen LogP contribution in [0.25, 0.3) is 10.2 Å². The van der Waals surface area contributed by atoms with Crippen molar-refractivity contribution < 1.29 is 9.53 Å². The van der Waals surface area contributed by atoms with E-state index in [0.717, 1.165) is 22.4 Å². The Balaban J connectivity index is 1.62. The SMILES string of the molecule is COc1ccccc1Cn1c(SCC(=O)Nc2c(C)cccc2C)nc2ccsc2c1=O. The van der Waals surface area contributed by atoms with E-state index in [2.05, 4.69) is 10.3 Å². The molecule has 1 amide bonds. The van der Waals surface area contributed by atoms with Gasteiger partial charge in [0.05, 0.1) is 24.9 Å². The fraction of sp³-hybridized carbons (Fsp3) is 0.208. The molecule has 0 saturated carbocycles. The zero-order valence-corrected chi connectivity index (χ0v) is 19.7. The Morgan fingerprint density at radius 3 is 2.62 bits per heavy atom. The van der Waals surface area contributed by atoms with E-state index in [-0.39, 0.29) is 17.2 Å². The molecule has 0 fully saturated rings. The summed E-state index contributed by atoms with van der Waals surface area (Å²) in [6.45, 7) is 4.24. The van der Waals surface area contributed by atoms with E-state index in [0.29, 0.717) is 27.7 Å². The highest BCUT2D eigenvalue weighted by atomic mass is 32.2. The molecule has 0 aliphatic rings. The number of nitrogens with zero attached hydrogens (tertiary/aromatic N) is 2. The summed E-state index contributed by atoms with van der Waals surface area (Å²) in [5.74, 6) is 0.701.